The number of rotatable bonds is 9. The minimum atomic E-state index is -0.319. The fraction of sp³-hybridized carbons (Fsp3) is 0.364. The van der Waals surface area contributed by atoms with Gasteiger partial charge in [-0.3, -0.25) is 0 Å². The molecule has 30 heavy (non-hydrogen) atoms. The highest BCUT2D eigenvalue weighted by molar-refractivity contribution is 5.72. The fourth-order valence-corrected chi connectivity index (χ4v) is 3.05. The molecule has 0 atom stereocenters. The lowest BCUT2D eigenvalue weighted by molar-refractivity contribution is 0.118. The first-order valence-electron chi connectivity index (χ1n) is 9.97. The van der Waals surface area contributed by atoms with Gasteiger partial charge in [-0.1, -0.05) is 47.6 Å². The monoisotopic (exact) mass is 409 g/mol. The lowest BCUT2D eigenvalue weighted by Gasteiger charge is -2.11. The van der Waals surface area contributed by atoms with Crippen LogP contribution >= 0.6 is 0 Å². The van der Waals surface area contributed by atoms with Gasteiger partial charge in [-0.25, -0.2) is 4.79 Å². The molecule has 2 aromatic carbocycles. The number of aromatic nitrogens is 4. The van der Waals surface area contributed by atoms with Crippen LogP contribution < -0.4 is 5.69 Å². The van der Waals surface area contributed by atoms with Crippen molar-refractivity contribution in [2.24, 2.45) is 12.2 Å². The van der Waals surface area contributed by atoms with Gasteiger partial charge in [0, 0.05) is 19.5 Å². The molecule has 8 heteroatoms. The van der Waals surface area contributed by atoms with Crippen LogP contribution in [-0.2, 0) is 29.6 Å². The van der Waals surface area contributed by atoms with Crippen molar-refractivity contribution >= 4 is 5.90 Å². The zero-order chi connectivity index (χ0) is 21.3. The highest BCUT2D eigenvalue weighted by Crippen LogP contribution is 2.18. The summed E-state index contributed by atoms with van der Waals surface area (Å²) in [5.41, 5.74) is 3.44. The zero-order valence-corrected chi connectivity index (χ0v) is 17.6. The molecule has 0 N–H and O–H groups in total. The van der Waals surface area contributed by atoms with Crippen LogP contribution in [0.25, 0.3) is 5.69 Å². The van der Waals surface area contributed by atoms with Crippen LogP contribution in [0.3, 0.4) is 0 Å². The molecule has 0 aliphatic heterocycles. The highest BCUT2D eigenvalue weighted by atomic mass is 16.6. The summed E-state index contributed by atoms with van der Waals surface area (Å²) in [4.78, 5) is 17.7. The Morgan fingerprint density at radius 1 is 1.07 bits per heavy atom. The van der Waals surface area contributed by atoms with Gasteiger partial charge in [0.05, 0.1) is 12.3 Å². The van der Waals surface area contributed by atoms with E-state index in [2.05, 4.69) is 39.8 Å². The Labute approximate surface area is 175 Å². The molecular weight excluding hydrogens is 382 g/mol. The van der Waals surface area contributed by atoms with Crippen molar-refractivity contribution in [2.45, 2.75) is 39.7 Å². The van der Waals surface area contributed by atoms with Crippen molar-refractivity contribution < 1.29 is 9.57 Å². The maximum absolute atomic E-state index is 12.2. The molecule has 8 nitrogen and oxygen atoms in total. The third kappa shape index (κ3) is 5.56. The Kier molecular flexibility index (Phi) is 7.37. The number of nitrogens with zero attached hydrogens (tertiary/aromatic N) is 5. The van der Waals surface area contributed by atoms with E-state index in [1.165, 1.54) is 14.9 Å². The van der Waals surface area contributed by atoms with Crippen molar-refractivity contribution in [1.82, 2.24) is 19.8 Å². The van der Waals surface area contributed by atoms with Gasteiger partial charge >= 0.3 is 5.69 Å². The van der Waals surface area contributed by atoms with E-state index in [1.54, 1.807) is 14.0 Å². The molecule has 0 radical (unpaired) electrons. The minimum Gasteiger partial charge on any atom is -0.479 e. The van der Waals surface area contributed by atoms with Gasteiger partial charge in [0.25, 0.3) is 0 Å². The van der Waals surface area contributed by atoms with Gasteiger partial charge < -0.3 is 9.57 Å². The molecule has 0 aliphatic rings. The maximum Gasteiger partial charge on any atom is 0.368 e. The molecule has 158 valence electrons. The average Bonchev–Trinajstić information content (AvgIpc) is 3.08. The molecule has 1 heterocycles. The number of oxime groups is 1. The summed E-state index contributed by atoms with van der Waals surface area (Å²) in [5.74, 6) is 0.474. The normalized spacial score (nSPS) is 11.5. The molecule has 0 unspecified atom stereocenters. The van der Waals surface area contributed by atoms with E-state index in [-0.39, 0.29) is 12.3 Å². The Morgan fingerprint density at radius 2 is 1.87 bits per heavy atom. The van der Waals surface area contributed by atoms with E-state index >= 15 is 0 Å². The van der Waals surface area contributed by atoms with Gasteiger partial charge in [0.1, 0.15) is 6.61 Å². The lowest BCUT2D eigenvalue weighted by atomic mass is 10.1. The molecule has 3 rings (SSSR count). The van der Waals surface area contributed by atoms with Crippen molar-refractivity contribution in [1.29, 1.82) is 0 Å². The number of benzene rings is 2. The molecule has 0 saturated carbocycles. The van der Waals surface area contributed by atoms with E-state index in [0.29, 0.717) is 18.2 Å². The van der Waals surface area contributed by atoms with Crippen LogP contribution in [0, 0.1) is 6.92 Å². The SMILES string of the molecule is C/C(=N\OCc1c(C)cccc1-n1nnn(C)c1=O)OCCCCc1ccccc1. The Bertz CT molecular complexity index is 1040. The lowest BCUT2D eigenvalue weighted by Crippen LogP contribution is -2.23. The summed E-state index contributed by atoms with van der Waals surface area (Å²) in [6.07, 6.45) is 3.03. The Balaban J connectivity index is 1.50. The number of hydrogen-bond acceptors (Lipinski definition) is 6. The van der Waals surface area contributed by atoms with Crippen LogP contribution in [0.1, 0.15) is 36.5 Å². The fourth-order valence-electron chi connectivity index (χ4n) is 3.05. The van der Waals surface area contributed by atoms with Gasteiger partial charge in [0.15, 0.2) is 0 Å². The first kappa shape index (κ1) is 21.3. The van der Waals surface area contributed by atoms with Crippen molar-refractivity contribution in [3.8, 4) is 5.69 Å². The van der Waals surface area contributed by atoms with E-state index in [9.17, 15) is 4.79 Å². The smallest absolute Gasteiger partial charge is 0.368 e. The highest BCUT2D eigenvalue weighted by Gasteiger charge is 2.13. The quantitative estimate of drug-likeness (QED) is 0.235. The zero-order valence-electron chi connectivity index (χ0n) is 17.6. The maximum atomic E-state index is 12.2. The molecule has 0 spiro atoms. The second kappa shape index (κ2) is 10.4. The molecule has 0 aliphatic carbocycles. The van der Waals surface area contributed by atoms with E-state index < -0.39 is 0 Å². The van der Waals surface area contributed by atoms with E-state index in [0.717, 1.165) is 30.4 Å². The minimum absolute atomic E-state index is 0.194. The van der Waals surface area contributed by atoms with Crippen LogP contribution in [0.15, 0.2) is 58.5 Å². The van der Waals surface area contributed by atoms with E-state index in [1.807, 2.05) is 31.2 Å². The Morgan fingerprint density at radius 3 is 2.60 bits per heavy atom. The summed E-state index contributed by atoms with van der Waals surface area (Å²) in [7, 11) is 1.56. The number of hydrogen-bond donors (Lipinski definition) is 0. The van der Waals surface area contributed by atoms with Crippen molar-refractivity contribution in [3.63, 3.8) is 0 Å². The van der Waals surface area contributed by atoms with E-state index in [4.69, 9.17) is 9.57 Å². The van der Waals surface area contributed by atoms with Crippen molar-refractivity contribution in [3.05, 3.63) is 75.7 Å². The van der Waals surface area contributed by atoms with Crippen LogP contribution in [0.4, 0.5) is 0 Å². The molecular formula is C22H27N5O3. The first-order valence-corrected chi connectivity index (χ1v) is 9.97. The summed E-state index contributed by atoms with van der Waals surface area (Å²) >= 11 is 0. The van der Waals surface area contributed by atoms with Gasteiger partial charge in [-0.05, 0) is 53.8 Å². The number of ether oxygens (including phenoxy) is 1. The molecule has 1 aromatic heterocycles. The average molecular weight is 409 g/mol. The molecule has 0 amide bonds. The molecule has 0 saturated heterocycles. The third-order valence-electron chi connectivity index (χ3n) is 4.75. The standard InChI is InChI=1S/C22H27N5O3/c1-17-10-9-14-21(27-22(28)26(3)24-25-27)20(17)16-30-23-18(2)29-15-8-7-13-19-11-5-4-6-12-19/h4-6,9-12,14H,7-8,13,15-16H2,1-3H3/b23-18+. The number of aryl methyl sites for hydroxylation is 3. The predicted molar refractivity (Wildman–Crippen MR) is 115 cm³/mol. The number of tetrazole rings is 1. The molecule has 0 fully saturated rings. The largest absolute Gasteiger partial charge is 0.479 e. The van der Waals surface area contributed by atoms with Gasteiger partial charge in [-0.15, -0.1) is 0 Å². The summed E-state index contributed by atoms with van der Waals surface area (Å²) in [6, 6.07) is 16.0. The summed E-state index contributed by atoms with van der Waals surface area (Å²) in [5, 5.41) is 11.7. The third-order valence-corrected chi connectivity index (χ3v) is 4.75. The second-order valence-electron chi connectivity index (χ2n) is 7.04. The Hall–Kier alpha value is -3.42. The first-order chi connectivity index (χ1) is 14.6. The van der Waals surface area contributed by atoms with Crippen molar-refractivity contribution in [2.75, 3.05) is 6.61 Å². The van der Waals surface area contributed by atoms with Gasteiger partial charge in [-0.2, -0.15) is 9.36 Å². The predicted octanol–water partition coefficient (Wildman–Crippen LogP) is 3.16. The second-order valence-corrected chi connectivity index (χ2v) is 7.04. The summed E-state index contributed by atoms with van der Waals surface area (Å²) < 4.78 is 8.07. The van der Waals surface area contributed by atoms with Crippen LogP contribution in [-0.4, -0.2) is 32.3 Å². The number of unbranched alkanes of at least 4 members (excludes halogenated alkanes) is 1. The molecule has 3 aromatic rings. The topological polar surface area (TPSA) is 83.5 Å². The van der Waals surface area contributed by atoms with Crippen LogP contribution in [0.2, 0.25) is 0 Å². The summed E-state index contributed by atoms with van der Waals surface area (Å²) in [6.45, 7) is 4.50. The molecule has 0 bridgehead atoms. The van der Waals surface area contributed by atoms with Gasteiger partial charge in [0.2, 0.25) is 5.90 Å². The van der Waals surface area contributed by atoms with Crippen LogP contribution in [0.5, 0.6) is 0 Å².